The maximum Gasteiger partial charge on any atom is 0.429 e. The van der Waals surface area contributed by atoms with Crippen LogP contribution in [0.1, 0.15) is 38.8 Å². The van der Waals surface area contributed by atoms with E-state index in [1.165, 1.54) is 36.4 Å². The van der Waals surface area contributed by atoms with Crippen LogP contribution < -0.4 is 8.61 Å². The molecule has 4 rings (SSSR count). The maximum atomic E-state index is 14.1. The molecule has 238 valence electrons. The van der Waals surface area contributed by atoms with Crippen LogP contribution in [0.2, 0.25) is 0 Å². The number of hydrogen-bond acceptors (Lipinski definition) is 9. The lowest BCUT2D eigenvalue weighted by atomic mass is 10.1. The molecule has 4 aromatic rings. The van der Waals surface area contributed by atoms with Gasteiger partial charge in [-0.2, -0.15) is 4.31 Å². The van der Waals surface area contributed by atoms with Crippen molar-refractivity contribution >= 4 is 54.4 Å². The Morgan fingerprint density at radius 1 is 0.778 bits per heavy atom. The van der Waals surface area contributed by atoms with Crippen molar-refractivity contribution in [1.82, 2.24) is 4.98 Å². The predicted molar refractivity (Wildman–Crippen MR) is 171 cm³/mol. The zero-order chi connectivity index (χ0) is 33.2. The number of ether oxygens (including phenoxy) is 2. The van der Waals surface area contributed by atoms with Gasteiger partial charge in [0.15, 0.2) is 5.82 Å². The lowest BCUT2D eigenvalue weighted by molar-refractivity contribution is -0.141. The van der Waals surface area contributed by atoms with E-state index in [1.807, 2.05) is 6.92 Å². The number of nitrogens with zero attached hydrogens (tertiary/aromatic N) is 3. The SMILES string of the molecule is CCOC(=O)CN(c1ncc(N(C(=O)OC(C)(C)C)S(=O)(=O)c2ccc(C)cc2)c2ccccc12)S(=O)(=O)c1ccc(C)cc1. The maximum absolute atomic E-state index is 14.1. The van der Waals surface area contributed by atoms with Crippen LogP contribution >= 0.6 is 0 Å². The molecular weight excluding hydrogens is 618 g/mol. The van der Waals surface area contributed by atoms with Gasteiger partial charge >= 0.3 is 12.1 Å². The number of esters is 1. The van der Waals surface area contributed by atoms with E-state index in [0.717, 1.165) is 21.6 Å². The molecule has 13 heteroatoms. The number of hydrogen-bond donors (Lipinski definition) is 0. The fraction of sp³-hybridized carbons (Fsp3) is 0.281. The van der Waals surface area contributed by atoms with Crippen LogP contribution in [0.25, 0.3) is 10.8 Å². The molecule has 0 aliphatic carbocycles. The number of fused-ring (bicyclic) bond motifs is 1. The summed E-state index contributed by atoms with van der Waals surface area (Å²) in [5.41, 5.74) is 0.411. The number of rotatable bonds is 9. The molecule has 0 N–H and O–H groups in total. The number of anilines is 2. The summed E-state index contributed by atoms with van der Waals surface area (Å²) < 4.78 is 68.0. The minimum Gasteiger partial charge on any atom is -0.465 e. The summed E-state index contributed by atoms with van der Waals surface area (Å²) in [7, 11) is -8.93. The summed E-state index contributed by atoms with van der Waals surface area (Å²) in [6.45, 7) is 9.31. The van der Waals surface area contributed by atoms with Crippen molar-refractivity contribution in [2.75, 3.05) is 21.8 Å². The first-order valence-corrected chi connectivity index (χ1v) is 16.9. The summed E-state index contributed by atoms with van der Waals surface area (Å²) in [4.78, 5) is 30.4. The van der Waals surface area contributed by atoms with Gasteiger partial charge in [-0.25, -0.2) is 30.9 Å². The Morgan fingerprint density at radius 2 is 1.29 bits per heavy atom. The molecule has 1 heterocycles. The first kappa shape index (κ1) is 33.4. The molecule has 3 aromatic carbocycles. The van der Waals surface area contributed by atoms with E-state index in [1.54, 1.807) is 71.0 Å². The summed E-state index contributed by atoms with van der Waals surface area (Å²) >= 11 is 0. The second-order valence-corrected chi connectivity index (χ2v) is 14.9. The van der Waals surface area contributed by atoms with Crippen LogP contribution in [-0.2, 0) is 34.3 Å². The van der Waals surface area contributed by atoms with Crippen LogP contribution in [0.5, 0.6) is 0 Å². The van der Waals surface area contributed by atoms with Crippen molar-refractivity contribution in [2.24, 2.45) is 0 Å². The van der Waals surface area contributed by atoms with E-state index in [0.29, 0.717) is 4.31 Å². The standard InChI is InChI=1S/C32H35N3O8S2/c1-7-42-29(36)21-34(44(38,39)24-16-12-22(2)13-17-24)30-27-11-9-8-10-26(27)28(20-33-30)35(31(37)43-32(4,5)6)45(40,41)25-18-14-23(3)15-19-25/h8-20H,7,21H2,1-6H3. The number of aryl methyl sites for hydroxylation is 2. The zero-order valence-electron chi connectivity index (χ0n) is 25.8. The average molecular weight is 654 g/mol. The summed E-state index contributed by atoms with van der Waals surface area (Å²) in [6, 6.07) is 18.3. The van der Waals surface area contributed by atoms with Crippen LogP contribution in [-0.4, -0.2) is 52.6 Å². The Labute approximate surface area is 263 Å². The normalized spacial score (nSPS) is 12.0. The summed E-state index contributed by atoms with van der Waals surface area (Å²) in [5, 5.41) is 0.319. The number of carbonyl (C=O) groups excluding carboxylic acids is 2. The first-order valence-electron chi connectivity index (χ1n) is 14.0. The van der Waals surface area contributed by atoms with Gasteiger partial charge in [0, 0.05) is 10.8 Å². The van der Waals surface area contributed by atoms with Gasteiger partial charge in [-0.1, -0.05) is 59.7 Å². The van der Waals surface area contributed by atoms with Crippen LogP contribution in [0.3, 0.4) is 0 Å². The van der Waals surface area contributed by atoms with E-state index in [9.17, 15) is 26.4 Å². The Kier molecular flexibility index (Phi) is 9.54. The minimum absolute atomic E-state index is 0.0199. The number of aromatic nitrogens is 1. The van der Waals surface area contributed by atoms with E-state index in [2.05, 4.69) is 4.98 Å². The molecule has 45 heavy (non-hydrogen) atoms. The second-order valence-electron chi connectivity index (χ2n) is 11.2. The van der Waals surface area contributed by atoms with Crippen molar-refractivity contribution in [3.8, 4) is 0 Å². The number of benzene rings is 3. The summed E-state index contributed by atoms with van der Waals surface area (Å²) in [6.07, 6.45) is -0.102. The fourth-order valence-corrected chi connectivity index (χ4v) is 7.12. The predicted octanol–water partition coefficient (Wildman–Crippen LogP) is 5.74. The smallest absolute Gasteiger partial charge is 0.429 e. The first-order chi connectivity index (χ1) is 21.1. The molecule has 0 saturated heterocycles. The molecular formula is C32H35N3O8S2. The monoisotopic (exact) mass is 653 g/mol. The van der Waals surface area contributed by atoms with E-state index >= 15 is 0 Å². The molecule has 1 amide bonds. The minimum atomic E-state index is -4.56. The van der Waals surface area contributed by atoms with Crippen molar-refractivity contribution in [1.29, 1.82) is 0 Å². The Balaban J connectivity index is 1.98. The van der Waals surface area contributed by atoms with Gasteiger partial charge in [0.1, 0.15) is 12.1 Å². The molecule has 0 bridgehead atoms. The lowest BCUT2D eigenvalue weighted by Crippen LogP contribution is -2.41. The van der Waals surface area contributed by atoms with Gasteiger partial charge in [0.25, 0.3) is 20.0 Å². The largest absolute Gasteiger partial charge is 0.465 e. The molecule has 11 nitrogen and oxygen atoms in total. The number of sulfonamides is 2. The Bertz CT molecular complexity index is 1940. The third kappa shape index (κ3) is 7.26. The molecule has 0 radical (unpaired) electrons. The molecule has 1 aromatic heterocycles. The van der Waals surface area contributed by atoms with Gasteiger partial charge in [0.2, 0.25) is 0 Å². The third-order valence-electron chi connectivity index (χ3n) is 6.51. The lowest BCUT2D eigenvalue weighted by Gasteiger charge is -2.29. The number of amides is 1. The highest BCUT2D eigenvalue weighted by molar-refractivity contribution is 7.93. The van der Waals surface area contributed by atoms with Gasteiger partial charge in [-0.3, -0.25) is 4.79 Å². The summed E-state index contributed by atoms with van der Waals surface area (Å²) in [5.74, 6) is -0.986. The molecule has 0 spiro atoms. The zero-order valence-corrected chi connectivity index (χ0v) is 27.5. The van der Waals surface area contributed by atoms with E-state index < -0.39 is 44.3 Å². The van der Waals surface area contributed by atoms with Gasteiger partial charge in [-0.05, 0) is 65.8 Å². The van der Waals surface area contributed by atoms with Gasteiger partial charge in [-0.15, -0.1) is 0 Å². The molecule has 0 aliphatic rings. The number of pyridine rings is 1. The van der Waals surface area contributed by atoms with Crippen LogP contribution in [0, 0.1) is 13.8 Å². The number of carbonyl (C=O) groups is 2. The molecule has 0 atom stereocenters. The molecule has 0 aliphatic heterocycles. The molecule has 0 saturated carbocycles. The molecule has 0 fully saturated rings. The average Bonchev–Trinajstić information content (AvgIpc) is 2.96. The van der Waals surface area contributed by atoms with Gasteiger partial charge < -0.3 is 9.47 Å². The Hall–Kier alpha value is -4.49. The highest BCUT2D eigenvalue weighted by atomic mass is 32.2. The third-order valence-corrected chi connectivity index (χ3v) is 9.96. The van der Waals surface area contributed by atoms with E-state index in [4.69, 9.17) is 9.47 Å². The van der Waals surface area contributed by atoms with Crippen molar-refractivity contribution in [2.45, 2.75) is 56.9 Å². The second kappa shape index (κ2) is 12.9. The van der Waals surface area contributed by atoms with Crippen molar-refractivity contribution in [3.05, 3.63) is 90.1 Å². The topological polar surface area (TPSA) is 140 Å². The fourth-order valence-electron chi connectivity index (χ4n) is 4.40. The highest BCUT2D eigenvalue weighted by Gasteiger charge is 2.37. The van der Waals surface area contributed by atoms with Gasteiger partial charge in [0.05, 0.1) is 28.3 Å². The Morgan fingerprint density at radius 3 is 1.80 bits per heavy atom. The van der Waals surface area contributed by atoms with E-state index in [-0.39, 0.29) is 38.7 Å². The van der Waals surface area contributed by atoms with Crippen LogP contribution in [0.15, 0.2) is 88.8 Å². The van der Waals surface area contributed by atoms with Crippen molar-refractivity contribution < 1.29 is 35.9 Å². The van der Waals surface area contributed by atoms with Crippen molar-refractivity contribution in [3.63, 3.8) is 0 Å². The molecule has 0 unspecified atom stereocenters. The highest BCUT2D eigenvalue weighted by Crippen LogP contribution is 2.37. The van der Waals surface area contributed by atoms with Crippen LogP contribution in [0.4, 0.5) is 16.3 Å². The quantitative estimate of drug-likeness (QED) is 0.207.